The molecule has 1 N–H and O–H groups in total. The van der Waals surface area contributed by atoms with Crippen LogP contribution in [0.1, 0.15) is 32.4 Å². The van der Waals surface area contributed by atoms with Crippen molar-refractivity contribution in [3.8, 4) is 5.88 Å². The Kier molecular flexibility index (Phi) is 5.24. The van der Waals surface area contributed by atoms with Gasteiger partial charge < -0.3 is 19.7 Å². The summed E-state index contributed by atoms with van der Waals surface area (Å²) >= 11 is 0. The number of amides is 2. The van der Waals surface area contributed by atoms with E-state index in [2.05, 4.69) is 17.2 Å². The first-order valence-electron chi connectivity index (χ1n) is 7.69. The number of pyridine rings is 1. The number of urea groups is 1. The SMILES string of the molecule is CCOC1(C)CCN(C(=O)Nc2ccc(OC)nc2C)CC1. The molecule has 2 amide bonds. The molecule has 2 heterocycles. The van der Waals surface area contributed by atoms with Crippen molar-refractivity contribution in [2.45, 2.75) is 39.2 Å². The summed E-state index contributed by atoms with van der Waals surface area (Å²) < 4.78 is 10.8. The molecule has 0 atom stereocenters. The second-order valence-electron chi connectivity index (χ2n) is 5.79. The minimum Gasteiger partial charge on any atom is -0.481 e. The molecule has 6 nitrogen and oxygen atoms in total. The van der Waals surface area contributed by atoms with Crippen molar-refractivity contribution in [1.29, 1.82) is 0 Å². The third kappa shape index (κ3) is 3.88. The van der Waals surface area contributed by atoms with Gasteiger partial charge in [0, 0.05) is 25.8 Å². The number of aromatic nitrogens is 1. The average Bonchev–Trinajstić information content (AvgIpc) is 2.50. The van der Waals surface area contributed by atoms with Gasteiger partial charge in [-0.3, -0.25) is 0 Å². The number of nitrogens with zero attached hydrogens (tertiary/aromatic N) is 2. The smallest absolute Gasteiger partial charge is 0.321 e. The van der Waals surface area contributed by atoms with Crippen LogP contribution in [0.25, 0.3) is 0 Å². The zero-order chi connectivity index (χ0) is 16.2. The van der Waals surface area contributed by atoms with Crippen molar-refractivity contribution >= 4 is 11.7 Å². The molecule has 0 radical (unpaired) electrons. The molecule has 1 aliphatic heterocycles. The molecule has 2 rings (SSSR count). The number of aryl methyl sites for hydroxylation is 1. The first-order chi connectivity index (χ1) is 10.5. The van der Waals surface area contributed by atoms with Crippen molar-refractivity contribution in [2.75, 3.05) is 32.1 Å². The summed E-state index contributed by atoms with van der Waals surface area (Å²) in [4.78, 5) is 18.4. The second-order valence-corrected chi connectivity index (χ2v) is 5.79. The van der Waals surface area contributed by atoms with Gasteiger partial charge in [-0.1, -0.05) is 0 Å². The van der Waals surface area contributed by atoms with E-state index >= 15 is 0 Å². The molecule has 1 saturated heterocycles. The van der Waals surface area contributed by atoms with E-state index in [0.29, 0.717) is 31.3 Å². The minimum atomic E-state index is -0.108. The van der Waals surface area contributed by atoms with Gasteiger partial charge in [0.1, 0.15) is 0 Å². The Morgan fingerprint density at radius 1 is 1.41 bits per heavy atom. The maximum Gasteiger partial charge on any atom is 0.321 e. The summed E-state index contributed by atoms with van der Waals surface area (Å²) in [6.07, 6.45) is 1.71. The number of piperidine rings is 1. The lowest BCUT2D eigenvalue weighted by Gasteiger charge is -2.39. The molecule has 122 valence electrons. The number of carbonyl (C=O) groups is 1. The molecule has 0 aromatic carbocycles. The fourth-order valence-electron chi connectivity index (χ4n) is 2.65. The van der Waals surface area contributed by atoms with E-state index in [-0.39, 0.29) is 11.6 Å². The lowest BCUT2D eigenvalue weighted by atomic mass is 9.93. The van der Waals surface area contributed by atoms with Gasteiger partial charge in [0.05, 0.1) is 24.1 Å². The number of carbonyl (C=O) groups excluding carboxylic acids is 1. The van der Waals surface area contributed by atoms with Crippen LogP contribution >= 0.6 is 0 Å². The molecule has 0 aliphatic carbocycles. The van der Waals surface area contributed by atoms with Crippen LogP contribution in [0.4, 0.5) is 10.5 Å². The van der Waals surface area contributed by atoms with Crippen molar-refractivity contribution in [3.63, 3.8) is 0 Å². The van der Waals surface area contributed by atoms with E-state index < -0.39 is 0 Å². The van der Waals surface area contributed by atoms with Crippen LogP contribution in [0, 0.1) is 6.92 Å². The number of methoxy groups -OCH3 is 1. The lowest BCUT2D eigenvalue weighted by Crippen LogP contribution is -2.47. The topological polar surface area (TPSA) is 63.7 Å². The molecule has 1 aliphatic rings. The van der Waals surface area contributed by atoms with Crippen LogP contribution in [-0.2, 0) is 4.74 Å². The van der Waals surface area contributed by atoms with Crippen molar-refractivity contribution < 1.29 is 14.3 Å². The molecule has 1 fully saturated rings. The zero-order valence-electron chi connectivity index (χ0n) is 13.8. The van der Waals surface area contributed by atoms with E-state index in [1.807, 2.05) is 24.8 Å². The highest BCUT2D eigenvalue weighted by Crippen LogP contribution is 2.26. The fraction of sp³-hybridized carbons (Fsp3) is 0.625. The first kappa shape index (κ1) is 16.5. The summed E-state index contributed by atoms with van der Waals surface area (Å²) in [5, 5.41) is 2.92. The van der Waals surface area contributed by atoms with Gasteiger partial charge >= 0.3 is 6.03 Å². The number of nitrogens with one attached hydrogen (secondary N) is 1. The molecular formula is C16H25N3O3. The van der Waals surface area contributed by atoms with Crippen LogP contribution < -0.4 is 10.1 Å². The van der Waals surface area contributed by atoms with Crippen LogP contribution in [0.2, 0.25) is 0 Å². The standard InChI is InChI=1S/C16H25N3O3/c1-5-22-16(3)8-10-19(11-9-16)15(20)18-13-6-7-14(21-4)17-12(13)2/h6-7H,5,8-11H2,1-4H3,(H,18,20). The first-order valence-corrected chi connectivity index (χ1v) is 7.69. The molecular weight excluding hydrogens is 282 g/mol. The van der Waals surface area contributed by atoms with Gasteiger partial charge in [-0.2, -0.15) is 0 Å². The Bertz CT molecular complexity index is 525. The van der Waals surface area contributed by atoms with Gasteiger partial charge in [-0.15, -0.1) is 0 Å². The summed E-state index contributed by atoms with van der Waals surface area (Å²) in [7, 11) is 1.57. The molecule has 1 aromatic rings. The Morgan fingerprint density at radius 3 is 2.64 bits per heavy atom. The van der Waals surface area contributed by atoms with Gasteiger partial charge in [0.2, 0.25) is 5.88 Å². The number of hydrogen-bond donors (Lipinski definition) is 1. The van der Waals surface area contributed by atoms with E-state index in [1.165, 1.54) is 0 Å². The second kappa shape index (κ2) is 6.96. The highest BCUT2D eigenvalue weighted by atomic mass is 16.5. The van der Waals surface area contributed by atoms with Crippen molar-refractivity contribution in [3.05, 3.63) is 17.8 Å². The largest absolute Gasteiger partial charge is 0.481 e. The Balaban J connectivity index is 1.94. The van der Waals surface area contributed by atoms with E-state index in [9.17, 15) is 4.79 Å². The van der Waals surface area contributed by atoms with Gasteiger partial charge in [-0.05, 0) is 39.7 Å². The van der Waals surface area contributed by atoms with Gasteiger partial charge in [0.15, 0.2) is 0 Å². The van der Waals surface area contributed by atoms with Crippen LogP contribution in [0.5, 0.6) is 5.88 Å². The number of anilines is 1. The third-order valence-corrected chi connectivity index (χ3v) is 4.11. The number of ether oxygens (including phenoxy) is 2. The third-order valence-electron chi connectivity index (χ3n) is 4.11. The molecule has 0 spiro atoms. The van der Waals surface area contributed by atoms with E-state index in [1.54, 1.807) is 13.2 Å². The summed E-state index contributed by atoms with van der Waals surface area (Å²) in [6, 6.07) is 3.46. The fourth-order valence-corrected chi connectivity index (χ4v) is 2.65. The van der Waals surface area contributed by atoms with E-state index in [4.69, 9.17) is 9.47 Å². The van der Waals surface area contributed by atoms with Gasteiger partial charge in [-0.25, -0.2) is 9.78 Å². The Hall–Kier alpha value is -1.82. The molecule has 22 heavy (non-hydrogen) atoms. The number of rotatable bonds is 4. The maximum absolute atomic E-state index is 12.4. The number of hydrogen-bond acceptors (Lipinski definition) is 4. The summed E-state index contributed by atoms with van der Waals surface area (Å²) in [6.45, 7) is 8.07. The van der Waals surface area contributed by atoms with Crippen LogP contribution in [0.15, 0.2) is 12.1 Å². The summed E-state index contributed by atoms with van der Waals surface area (Å²) in [5.74, 6) is 0.543. The highest BCUT2D eigenvalue weighted by molar-refractivity contribution is 5.90. The average molecular weight is 307 g/mol. The monoisotopic (exact) mass is 307 g/mol. The zero-order valence-corrected chi connectivity index (χ0v) is 13.8. The highest BCUT2D eigenvalue weighted by Gasteiger charge is 2.32. The number of likely N-dealkylation sites (tertiary alicyclic amines) is 1. The predicted octanol–water partition coefficient (Wildman–Crippen LogP) is 2.82. The molecule has 0 unspecified atom stereocenters. The lowest BCUT2D eigenvalue weighted by molar-refractivity contribution is -0.0589. The molecule has 6 heteroatoms. The predicted molar refractivity (Wildman–Crippen MR) is 85.4 cm³/mol. The summed E-state index contributed by atoms with van der Waals surface area (Å²) in [5.41, 5.74) is 1.34. The van der Waals surface area contributed by atoms with Crippen molar-refractivity contribution in [2.24, 2.45) is 0 Å². The molecule has 0 bridgehead atoms. The van der Waals surface area contributed by atoms with Crippen molar-refractivity contribution in [1.82, 2.24) is 9.88 Å². The molecule has 0 saturated carbocycles. The van der Waals surface area contributed by atoms with E-state index in [0.717, 1.165) is 18.5 Å². The molecule has 1 aromatic heterocycles. The quantitative estimate of drug-likeness (QED) is 0.929. The maximum atomic E-state index is 12.4. The van der Waals surface area contributed by atoms with Crippen LogP contribution in [-0.4, -0.2) is 48.3 Å². The Labute approximate surface area is 131 Å². The minimum absolute atomic E-state index is 0.0892. The van der Waals surface area contributed by atoms with Gasteiger partial charge in [0.25, 0.3) is 0 Å². The normalized spacial score (nSPS) is 17.2. The Morgan fingerprint density at radius 2 is 2.09 bits per heavy atom. The van der Waals surface area contributed by atoms with Crippen LogP contribution in [0.3, 0.4) is 0 Å².